The average Bonchev–Trinajstić information content (AvgIpc) is 3.31. The summed E-state index contributed by atoms with van der Waals surface area (Å²) in [4.78, 5) is 12.3. The third-order valence-electron chi connectivity index (χ3n) is 4.52. The molecule has 1 heterocycles. The SMILES string of the molecule is CC(c1ccccc1F)N(CC(O)Cn1cc([N+](=O)[O-])cn1)C1CC1. The maximum absolute atomic E-state index is 14.1. The van der Waals surface area contributed by atoms with Crippen LogP contribution in [0.25, 0.3) is 0 Å². The van der Waals surface area contributed by atoms with Gasteiger partial charge in [-0.15, -0.1) is 0 Å². The first-order chi connectivity index (χ1) is 12.0. The fraction of sp³-hybridized carbons (Fsp3) is 0.471. The number of halogens is 1. The van der Waals surface area contributed by atoms with E-state index in [0.29, 0.717) is 18.2 Å². The Morgan fingerprint density at radius 1 is 1.48 bits per heavy atom. The number of hydrogen-bond donors (Lipinski definition) is 1. The number of aliphatic hydroxyl groups excluding tert-OH is 1. The van der Waals surface area contributed by atoms with E-state index >= 15 is 0 Å². The Bertz CT molecular complexity index is 747. The van der Waals surface area contributed by atoms with Gasteiger partial charge in [0.05, 0.1) is 17.6 Å². The van der Waals surface area contributed by atoms with Gasteiger partial charge in [0.15, 0.2) is 0 Å². The minimum absolute atomic E-state index is 0.106. The van der Waals surface area contributed by atoms with E-state index in [9.17, 15) is 19.6 Å². The molecule has 1 N–H and O–H groups in total. The summed E-state index contributed by atoms with van der Waals surface area (Å²) in [5.41, 5.74) is 0.502. The van der Waals surface area contributed by atoms with E-state index in [4.69, 9.17) is 0 Å². The quantitative estimate of drug-likeness (QED) is 0.585. The standard InChI is InChI=1S/C17H21FN4O3/c1-12(16-4-2-3-5-17(16)18)21(13-6-7-13)11-15(23)10-20-9-14(8-19-20)22(24)25/h2-5,8-9,12-13,15,23H,6-7,10-11H2,1H3. The molecule has 1 fully saturated rings. The molecule has 0 bridgehead atoms. The average molecular weight is 348 g/mol. The summed E-state index contributed by atoms with van der Waals surface area (Å²) in [6.45, 7) is 2.44. The van der Waals surface area contributed by atoms with Crippen molar-refractivity contribution in [3.63, 3.8) is 0 Å². The van der Waals surface area contributed by atoms with Gasteiger partial charge in [0.1, 0.15) is 18.2 Å². The van der Waals surface area contributed by atoms with Crippen LogP contribution in [0, 0.1) is 15.9 Å². The summed E-state index contributed by atoms with van der Waals surface area (Å²) in [6.07, 6.45) is 3.75. The van der Waals surface area contributed by atoms with Gasteiger partial charge in [-0.25, -0.2) is 4.39 Å². The second-order valence-corrected chi connectivity index (χ2v) is 6.46. The van der Waals surface area contributed by atoms with Gasteiger partial charge >= 0.3 is 5.69 Å². The van der Waals surface area contributed by atoms with Crippen LogP contribution in [0.4, 0.5) is 10.1 Å². The monoisotopic (exact) mass is 348 g/mol. The molecule has 0 saturated heterocycles. The van der Waals surface area contributed by atoms with Crippen LogP contribution in [0.3, 0.4) is 0 Å². The third-order valence-corrected chi connectivity index (χ3v) is 4.52. The van der Waals surface area contributed by atoms with E-state index in [1.165, 1.54) is 16.9 Å². The van der Waals surface area contributed by atoms with Crippen molar-refractivity contribution < 1.29 is 14.4 Å². The zero-order valence-corrected chi connectivity index (χ0v) is 14.0. The van der Waals surface area contributed by atoms with Crippen LogP contribution in [0.2, 0.25) is 0 Å². The number of rotatable bonds is 8. The molecule has 0 radical (unpaired) electrons. The fourth-order valence-corrected chi connectivity index (χ4v) is 3.09. The minimum atomic E-state index is -0.755. The number of hydrogen-bond acceptors (Lipinski definition) is 5. The second kappa shape index (κ2) is 7.28. The topological polar surface area (TPSA) is 84.4 Å². The van der Waals surface area contributed by atoms with Crippen LogP contribution in [0.1, 0.15) is 31.4 Å². The van der Waals surface area contributed by atoms with Crippen LogP contribution in [-0.2, 0) is 6.54 Å². The van der Waals surface area contributed by atoms with Gasteiger partial charge in [-0.1, -0.05) is 18.2 Å². The maximum Gasteiger partial charge on any atom is 0.306 e. The Balaban J connectivity index is 1.67. The molecule has 25 heavy (non-hydrogen) atoms. The van der Waals surface area contributed by atoms with Crippen molar-refractivity contribution in [2.75, 3.05) is 6.54 Å². The lowest BCUT2D eigenvalue weighted by molar-refractivity contribution is -0.385. The van der Waals surface area contributed by atoms with Crippen molar-refractivity contribution in [2.45, 2.75) is 44.5 Å². The molecule has 1 aliphatic carbocycles. The first-order valence-corrected chi connectivity index (χ1v) is 8.30. The fourth-order valence-electron chi connectivity index (χ4n) is 3.09. The summed E-state index contributed by atoms with van der Waals surface area (Å²) in [6, 6.07) is 6.84. The van der Waals surface area contributed by atoms with Crippen molar-refractivity contribution in [3.05, 3.63) is 58.2 Å². The summed E-state index contributed by atoms with van der Waals surface area (Å²) in [7, 11) is 0. The van der Waals surface area contributed by atoms with Crippen LogP contribution in [0.5, 0.6) is 0 Å². The first-order valence-electron chi connectivity index (χ1n) is 8.30. The van der Waals surface area contributed by atoms with E-state index < -0.39 is 11.0 Å². The highest BCUT2D eigenvalue weighted by Gasteiger charge is 2.34. The Morgan fingerprint density at radius 3 is 2.80 bits per heavy atom. The summed E-state index contributed by atoms with van der Waals surface area (Å²) in [5, 5.41) is 25.0. The minimum Gasteiger partial charge on any atom is -0.390 e. The lowest BCUT2D eigenvalue weighted by atomic mass is 10.1. The van der Waals surface area contributed by atoms with Crippen molar-refractivity contribution in [1.82, 2.24) is 14.7 Å². The molecule has 0 aliphatic heterocycles. The maximum atomic E-state index is 14.1. The molecule has 1 saturated carbocycles. The van der Waals surface area contributed by atoms with Gasteiger partial charge in [0.2, 0.25) is 0 Å². The highest BCUT2D eigenvalue weighted by atomic mass is 19.1. The molecule has 8 heteroatoms. The Morgan fingerprint density at radius 2 is 2.20 bits per heavy atom. The largest absolute Gasteiger partial charge is 0.390 e. The van der Waals surface area contributed by atoms with Crippen LogP contribution in [0.15, 0.2) is 36.7 Å². The van der Waals surface area contributed by atoms with E-state index in [2.05, 4.69) is 10.00 Å². The van der Waals surface area contributed by atoms with Gasteiger partial charge in [-0.3, -0.25) is 19.7 Å². The number of benzene rings is 1. The number of nitrogens with zero attached hydrogens (tertiary/aromatic N) is 4. The number of aromatic nitrogens is 2. The summed E-state index contributed by atoms with van der Waals surface area (Å²) >= 11 is 0. The van der Waals surface area contributed by atoms with Crippen LogP contribution < -0.4 is 0 Å². The molecule has 0 spiro atoms. The van der Waals surface area contributed by atoms with Crippen molar-refractivity contribution in [2.24, 2.45) is 0 Å². The smallest absolute Gasteiger partial charge is 0.306 e. The summed E-state index contributed by atoms with van der Waals surface area (Å²) in [5.74, 6) is -0.252. The molecule has 1 aromatic carbocycles. The molecule has 134 valence electrons. The van der Waals surface area contributed by atoms with Gasteiger partial charge in [0, 0.05) is 24.2 Å². The lowest BCUT2D eigenvalue weighted by Gasteiger charge is -2.31. The number of aliphatic hydroxyl groups is 1. The van der Waals surface area contributed by atoms with Gasteiger partial charge < -0.3 is 5.11 Å². The van der Waals surface area contributed by atoms with Gasteiger partial charge in [-0.05, 0) is 25.8 Å². The van der Waals surface area contributed by atoms with Gasteiger partial charge in [0.25, 0.3) is 0 Å². The molecule has 2 atom stereocenters. The molecule has 2 unspecified atom stereocenters. The molecule has 1 aliphatic rings. The highest BCUT2D eigenvalue weighted by Crippen LogP contribution is 2.35. The van der Waals surface area contributed by atoms with Crippen LogP contribution >= 0.6 is 0 Å². The zero-order valence-electron chi connectivity index (χ0n) is 14.0. The number of nitro groups is 1. The summed E-state index contributed by atoms with van der Waals surface area (Å²) < 4.78 is 15.4. The van der Waals surface area contributed by atoms with Crippen LogP contribution in [-0.4, -0.2) is 43.4 Å². The normalized spacial score (nSPS) is 16.8. The molecule has 1 aromatic heterocycles. The predicted molar refractivity (Wildman–Crippen MR) is 89.4 cm³/mol. The third kappa shape index (κ3) is 4.21. The molecule has 2 aromatic rings. The van der Waals surface area contributed by atoms with Gasteiger partial charge in [-0.2, -0.15) is 5.10 Å². The Labute approximate surface area is 144 Å². The van der Waals surface area contributed by atoms with E-state index in [-0.39, 0.29) is 24.1 Å². The Kier molecular flexibility index (Phi) is 5.10. The first kappa shape index (κ1) is 17.5. The van der Waals surface area contributed by atoms with E-state index in [1.807, 2.05) is 6.92 Å². The van der Waals surface area contributed by atoms with Crippen molar-refractivity contribution >= 4 is 5.69 Å². The predicted octanol–water partition coefficient (Wildman–Crippen LogP) is 2.52. The molecule has 3 rings (SSSR count). The zero-order chi connectivity index (χ0) is 18.0. The van der Waals surface area contributed by atoms with E-state index in [1.54, 1.807) is 18.2 Å². The Hall–Kier alpha value is -2.32. The molecule has 7 nitrogen and oxygen atoms in total. The van der Waals surface area contributed by atoms with Crippen molar-refractivity contribution in [3.8, 4) is 0 Å². The molecular formula is C17H21FN4O3. The second-order valence-electron chi connectivity index (χ2n) is 6.46. The molecule has 0 amide bonds. The highest BCUT2D eigenvalue weighted by molar-refractivity contribution is 5.22. The molecular weight excluding hydrogens is 327 g/mol. The van der Waals surface area contributed by atoms with E-state index in [0.717, 1.165) is 19.0 Å². The van der Waals surface area contributed by atoms with Crippen molar-refractivity contribution in [1.29, 1.82) is 0 Å². The lowest BCUT2D eigenvalue weighted by Crippen LogP contribution is -2.38.